The van der Waals surface area contributed by atoms with Crippen molar-refractivity contribution in [3.05, 3.63) is 33.9 Å². The molecule has 25 heavy (non-hydrogen) atoms. The van der Waals surface area contributed by atoms with Gasteiger partial charge in [0.25, 0.3) is 11.6 Å². The normalized spacial score (nSPS) is 15.9. The maximum Gasteiger partial charge on any atom is 0.407 e. The summed E-state index contributed by atoms with van der Waals surface area (Å²) in [5, 5.41) is 19.6. The number of carbonyl (C=O) groups is 1. The smallest absolute Gasteiger partial charge is 0.407 e. The van der Waals surface area contributed by atoms with Crippen LogP contribution in [0.4, 0.5) is 19.3 Å². The molecule has 0 bridgehead atoms. The number of benzene rings is 1. The van der Waals surface area contributed by atoms with E-state index in [1.54, 1.807) is 0 Å². The van der Waals surface area contributed by atoms with Gasteiger partial charge in [0.2, 0.25) is 0 Å². The van der Waals surface area contributed by atoms with E-state index in [2.05, 4.69) is 0 Å². The predicted molar refractivity (Wildman–Crippen MR) is 84.2 cm³/mol. The van der Waals surface area contributed by atoms with E-state index in [1.165, 1.54) is 11.0 Å². The highest BCUT2D eigenvalue weighted by Gasteiger charge is 2.31. The molecule has 1 saturated heterocycles. The summed E-state index contributed by atoms with van der Waals surface area (Å²) in [6.07, 6.45) is -0.961. The molecule has 2 rings (SSSR count). The van der Waals surface area contributed by atoms with Gasteiger partial charge in [0.05, 0.1) is 10.5 Å². The SMILES string of the molecule is CC(F)(F)c1cc([N+](=O)[O-])ccc1OCCN1CCN(C(=O)O)CC1. The predicted octanol–water partition coefficient (Wildman–Crippen LogP) is 2.38. The fourth-order valence-electron chi connectivity index (χ4n) is 2.55. The Balaban J connectivity index is 1.95. The van der Waals surface area contributed by atoms with E-state index >= 15 is 0 Å². The molecule has 1 aliphatic rings. The summed E-state index contributed by atoms with van der Waals surface area (Å²) < 4.78 is 32.8. The van der Waals surface area contributed by atoms with Crippen molar-refractivity contribution in [1.82, 2.24) is 9.80 Å². The van der Waals surface area contributed by atoms with E-state index in [4.69, 9.17) is 9.84 Å². The average molecular weight is 359 g/mol. The Hall–Kier alpha value is -2.49. The number of hydrogen-bond acceptors (Lipinski definition) is 5. The molecule has 1 aromatic carbocycles. The van der Waals surface area contributed by atoms with Crippen LogP contribution < -0.4 is 4.74 Å². The first-order valence-corrected chi connectivity index (χ1v) is 7.68. The number of alkyl halides is 2. The lowest BCUT2D eigenvalue weighted by molar-refractivity contribution is -0.385. The summed E-state index contributed by atoms with van der Waals surface area (Å²) in [7, 11) is 0. The Morgan fingerprint density at radius 2 is 2.00 bits per heavy atom. The molecule has 0 radical (unpaired) electrons. The van der Waals surface area contributed by atoms with Crippen LogP contribution in [-0.2, 0) is 5.92 Å². The van der Waals surface area contributed by atoms with Crippen LogP contribution in [0.25, 0.3) is 0 Å². The number of ether oxygens (including phenoxy) is 1. The third-order valence-corrected chi connectivity index (χ3v) is 3.95. The summed E-state index contributed by atoms with van der Waals surface area (Å²) in [5.41, 5.74) is -0.953. The Morgan fingerprint density at radius 1 is 1.36 bits per heavy atom. The summed E-state index contributed by atoms with van der Waals surface area (Å²) in [5.74, 6) is -3.36. The van der Waals surface area contributed by atoms with Crippen molar-refractivity contribution < 1.29 is 28.3 Å². The number of nitro groups is 1. The molecule has 0 unspecified atom stereocenters. The standard InChI is InChI=1S/C15H19F2N3O5/c1-15(16,17)12-10-11(20(23)24)2-3-13(12)25-9-8-18-4-6-19(7-5-18)14(21)22/h2-3,10H,4-9H2,1H3,(H,21,22). The lowest BCUT2D eigenvalue weighted by atomic mass is 10.1. The Morgan fingerprint density at radius 3 is 2.52 bits per heavy atom. The highest BCUT2D eigenvalue weighted by atomic mass is 19.3. The summed E-state index contributed by atoms with van der Waals surface area (Å²) in [6, 6.07) is 3.12. The molecule has 0 saturated carbocycles. The summed E-state index contributed by atoms with van der Waals surface area (Å²) >= 11 is 0. The van der Waals surface area contributed by atoms with Crippen LogP contribution in [0.2, 0.25) is 0 Å². The number of nitrogens with zero attached hydrogens (tertiary/aromatic N) is 3. The largest absolute Gasteiger partial charge is 0.492 e. The Labute approximate surface area is 142 Å². The maximum atomic E-state index is 13.7. The molecule has 1 heterocycles. The van der Waals surface area contributed by atoms with Gasteiger partial charge in [-0.05, 0) is 6.07 Å². The second kappa shape index (κ2) is 7.60. The van der Waals surface area contributed by atoms with Gasteiger partial charge in [-0.1, -0.05) is 0 Å². The quantitative estimate of drug-likeness (QED) is 0.619. The van der Waals surface area contributed by atoms with Crippen LogP contribution in [0.3, 0.4) is 0 Å². The van der Waals surface area contributed by atoms with Crippen molar-refractivity contribution in [1.29, 1.82) is 0 Å². The molecule has 8 nitrogen and oxygen atoms in total. The number of piperazine rings is 1. The number of non-ortho nitro benzene ring substituents is 1. The van der Waals surface area contributed by atoms with E-state index in [1.807, 2.05) is 4.90 Å². The maximum absolute atomic E-state index is 13.7. The molecule has 1 aromatic rings. The fraction of sp³-hybridized carbons (Fsp3) is 0.533. The number of carboxylic acid groups (broad SMARTS) is 1. The molecule has 1 aliphatic heterocycles. The molecular formula is C15H19F2N3O5. The summed E-state index contributed by atoms with van der Waals surface area (Å²) in [6.45, 7) is 3.05. The average Bonchev–Trinajstić information content (AvgIpc) is 2.54. The minimum atomic E-state index is -3.27. The first kappa shape index (κ1) is 18.8. The highest BCUT2D eigenvalue weighted by molar-refractivity contribution is 5.65. The Kier molecular flexibility index (Phi) is 5.73. The van der Waals surface area contributed by atoms with E-state index in [0.29, 0.717) is 39.6 Å². The van der Waals surface area contributed by atoms with E-state index in [0.717, 1.165) is 12.1 Å². The number of rotatable bonds is 6. The van der Waals surface area contributed by atoms with Crippen LogP contribution in [0.1, 0.15) is 12.5 Å². The molecule has 138 valence electrons. The minimum Gasteiger partial charge on any atom is -0.492 e. The van der Waals surface area contributed by atoms with Crippen LogP contribution in [0, 0.1) is 10.1 Å². The molecule has 10 heteroatoms. The third kappa shape index (κ3) is 4.99. The lowest BCUT2D eigenvalue weighted by Gasteiger charge is -2.32. The van der Waals surface area contributed by atoms with Crippen LogP contribution in [0.15, 0.2) is 18.2 Å². The molecule has 0 aliphatic carbocycles. The zero-order valence-electron chi connectivity index (χ0n) is 13.7. The molecule has 0 atom stereocenters. The molecule has 0 spiro atoms. The van der Waals surface area contributed by atoms with Crippen molar-refractivity contribution in [2.45, 2.75) is 12.8 Å². The van der Waals surface area contributed by atoms with Gasteiger partial charge in [-0.2, -0.15) is 0 Å². The van der Waals surface area contributed by atoms with Gasteiger partial charge in [0, 0.05) is 51.8 Å². The Bertz CT molecular complexity index is 643. The number of amides is 1. The highest BCUT2D eigenvalue weighted by Crippen LogP contribution is 2.36. The van der Waals surface area contributed by atoms with E-state index < -0.39 is 28.2 Å². The van der Waals surface area contributed by atoms with Crippen molar-refractivity contribution in [2.24, 2.45) is 0 Å². The molecule has 1 amide bonds. The number of halogens is 2. The molecular weight excluding hydrogens is 340 g/mol. The van der Waals surface area contributed by atoms with Gasteiger partial charge in [0.1, 0.15) is 12.4 Å². The van der Waals surface area contributed by atoms with Crippen LogP contribution >= 0.6 is 0 Å². The second-order valence-corrected chi connectivity index (χ2v) is 5.79. The fourth-order valence-corrected chi connectivity index (χ4v) is 2.55. The molecule has 1 fully saturated rings. The first-order valence-electron chi connectivity index (χ1n) is 7.68. The zero-order chi connectivity index (χ0) is 18.6. The second-order valence-electron chi connectivity index (χ2n) is 5.79. The van der Waals surface area contributed by atoms with Gasteiger partial charge in [-0.3, -0.25) is 15.0 Å². The first-order chi connectivity index (χ1) is 11.7. The van der Waals surface area contributed by atoms with Gasteiger partial charge in [-0.15, -0.1) is 0 Å². The molecule has 0 aromatic heterocycles. The van der Waals surface area contributed by atoms with Gasteiger partial charge < -0.3 is 14.7 Å². The van der Waals surface area contributed by atoms with Crippen molar-refractivity contribution >= 4 is 11.8 Å². The van der Waals surface area contributed by atoms with Crippen molar-refractivity contribution in [3.8, 4) is 5.75 Å². The topological polar surface area (TPSA) is 96.2 Å². The van der Waals surface area contributed by atoms with Gasteiger partial charge in [0.15, 0.2) is 0 Å². The van der Waals surface area contributed by atoms with Crippen LogP contribution in [0.5, 0.6) is 5.75 Å². The monoisotopic (exact) mass is 359 g/mol. The van der Waals surface area contributed by atoms with Gasteiger partial charge in [-0.25, -0.2) is 13.6 Å². The van der Waals surface area contributed by atoms with E-state index in [9.17, 15) is 23.7 Å². The van der Waals surface area contributed by atoms with Crippen molar-refractivity contribution in [2.75, 3.05) is 39.3 Å². The third-order valence-electron chi connectivity index (χ3n) is 3.95. The van der Waals surface area contributed by atoms with Crippen molar-refractivity contribution in [3.63, 3.8) is 0 Å². The van der Waals surface area contributed by atoms with Gasteiger partial charge >= 0.3 is 6.09 Å². The molecule has 1 N–H and O–H groups in total. The number of nitro benzene ring substituents is 1. The summed E-state index contributed by atoms with van der Waals surface area (Å²) in [4.78, 5) is 24.1. The number of hydrogen-bond donors (Lipinski definition) is 1. The zero-order valence-corrected chi connectivity index (χ0v) is 13.7. The lowest BCUT2D eigenvalue weighted by Crippen LogP contribution is -2.49. The van der Waals surface area contributed by atoms with Crippen LogP contribution in [-0.4, -0.2) is 65.3 Å². The van der Waals surface area contributed by atoms with E-state index in [-0.39, 0.29) is 12.4 Å². The minimum absolute atomic E-state index is 0.0951.